The largest absolute Gasteiger partial charge is 0.497 e. The SMILES string of the molecule is COc1cccc(CCC(=O)NCC2CCN(Cc3ccccc3C)C2)c1. The fraction of sp³-hybridized carbons (Fsp3) is 0.435. The second-order valence-electron chi connectivity index (χ2n) is 7.47. The Balaban J connectivity index is 1.37. The van der Waals surface area contributed by atoms with Crippen LogP contribution < -0.4 is 10.1 Å². The van der Waals surface area contributed by atoms with Gasteiger partial charge in [0.15, 0.2) is 0 Å². The Bertz CT molecular complexity index is 760. The van der Waals surface area contributed by atoms with E-state index in [1.165, 1.54) is 11.1 Å². The number of hydrogen-bond acceptors (Lipinski definition) is 3. The van der Waals surface area contributed by atoms with Crippen LogP contribution in [0.15, 0.2) is 48.5 Å². The standard InChI is InChI=1S/C23H30N2O2/c1-18-6-3-4-8-21(18)17-25-13-12-20(16-25)15-24-23(26)11-10-19-7-5-9-22(14-19)27-2/h3-9,14,20H,10-13,15-17H2,1-2H3,(H,24,26). The van der Waals surface area contributed by atoms with Gasteiger partial charge in [0.25, 0.3) is 0 Å². The first-order valence-corrected chi connectivity index (χ1v) is 9.80. The van der Waals surface area contributed by atoms with Crippen molar-refractivity contribution in [2.24, 2.45) is 5.92 Å². The highest BCUT2D eigenvalue weighted by Gasteiger charge is 2.23. The van der Waals surface area contributed by atoms with Gasteiger partial charge in [0, 0.05) is 26.1 Å². The normalized spacial score (nSPS) is 17.0. The van der Waals surface area contributed by atoms with E-state index in [4.69, 9.17) is 4.74 Å². The Morgan fingerprint density at radius 3 is 2.89 bits per heavy atom. The minimum atomic E-state index is 0.134. The molecule has 0 aliphatic carbocycles. The van der Waals surface area contributed by atoms with Crippen LogP contribution in [0.1, 0.15) is 29.5 Å². The van der Waals surface area contributed by atoms with Crippen molar-refractivity contribution in [1.29, 1.82) is 0 Å². The first kappa shape index (κ1) is 19.4. The van der Waals surface area contributed by atoms with Crippen LogP contribution in [0.5, 0.6) is 5.75 Å². The lowest BCUT2D eigenvalue weighted by Gasteiger charge is -2.17. The van der Waals surface area contributed by atoms with Gasteiger partial charge in [-0.1, -0.05) is 36.4 Å². The second kappa shape index (κ2) is 9.56. The molecule has 0 saturated carbocycles. The van der Waals surface area contributed by atoms with E-state index in [-0.39, 0.29) is 5.91 Å². The molecule has 0 radical (unpaired) electrons. The monoisotopic (exact) mass is 366 g/mol. The molecule has 3 rings (SSSR count). The number of benzene rings is 2. The number of likely N-dealkylation sites (tertiary alicyclic amines) is 1. The number of amides is 1. The molecule has 1 fully saturated rings. The Hall–Kier alpha value is -2.33. The van der Waals surface area contributed by atoms with Crippen molar-refractivity contribution in [3.8, 4) is 5.75 Å². The van der Waals surface area contributed by atoms with Crippen molar-refractivity contribution in [1.82, 2.24) is 10.2 Å². The summed E-state index contributed by atoms with van der Waals surface area (Å²) in [6.07, 6.45) is 2.42. The number of nitrogens with one attached hydrogen (secondary N) is 1. The fourth-order valence-corrected chi connectivity index (χ4v) is 3.68. The van der Waals surface area contributed by atoms with Crippen LogP contribution in [0.4, 0.5) is 0 Å². The number of aryl methyl sites for hydroxylation is 2. The van der Waals surface area contributed by atoms with Gasteiger partial charge in [-0.3, -0.25) is 9.69 Å². The Morgan fingerprint density at radius 2 is 2.07 bits per heavy atom. The summed E-state index contributed by atoms with van der Waals surface area (Å²) in [5.74, 6) is 1.53. The van der Waals surface area contributed by atoms with Gasteiger partial charge in [0.05, 0.1) is 7.11 Å². The molecule has 1 saturated heterocycles. The van der Waals surface area contributed by atoms with Gasteiger partial charge in [0.1, 0.15) is 5.75 Å². The van der Waals surface area contributed by atoms with Gasteiger partial charge < -0.3 is 10.1 Å². The summed E-state index contributed by atoms with van der Waals surface area (Å²) in [6, 6.07) is 16.5. The maximum atomic E-state index is 12.2. The Labute approximate surface area is 162 Å². The van der Waals surface area contributed by atoms with Crippen molar-refractivity contribution in [3.05, 3.63) is 65.2 Å². The van der Waals surface area contributed by atoms with Crippen molar-refractivity contribution in [2.75, 3.05) is 26.7 Å². The van der Waals surface area contributed by atoms with Gasteiger partial charge >= 0.3 is 0 Å². The maximum absolute atomic E-state index is 12.2. The molecule has 0 aromatic heterocycles. The molecule has 4 heteroatoms. The van der Waals surface area contributed by atoms with E-state index in [1.807, 2.05) is 24.3 Å². The molecule has 2 aromatic carbocycles. The number of methoxy groups -OCH3 is 1. The summed E-state index contributed by atoms with van der Waals surface area (Å²) < 4.78 is 5.23. The average Bonchev–Trinajstić information content (AvgIpc) is 3.14. The molecule has 0 spiro atoms. The van der Waals surface area contributed by atoms with Crippen LogP contribution in [-0.2, 0) is 17.8 Å². The second-order valence-corrected chi connectivity index (χ2v) is 7.47. The molecule has 1 aliphatic heterocycles. The molecule has 1 unspecified atom stereocenters. The summed E-state index contributed by atoms with van der Waals surface area (Å²) in [4.78, 5) is 14.7. The van der Waals surface area contributed by atoms with Crippen LogP contribution in [0.2, 0.25) is 0 Å². The van der Waals surface area contributed by atoms with Crippen molar-refractivity contribution < 1.29 is 9.53 Å². The first-order valence-electron chi connectivity index (χ1n) is 9.80. The number of carbonyl (C=O) groups is 1. The van der Waals surface area contributed by atoms with Gasteiger partial charge in [-0.05, 0) is 61.1 Å². The highest BCUT2D eigenvalue weighted by atomic mass is 16.5. The summed E-state index contributed by atoms with van der Waals surface area (Å²) >= 11 is 0. The van der Waals surface area contributed by atoms with Gasteiger partial charge in [0.2, 0.25) is 5.91 Å². The summed E-state index contributed by atoms with van der Waals surface area (Å²) in [6.45, 7) is 6.13. The van der Waals surface area contributed by atoms with Gasteiger partial charge in [-0.15, -0.1) is 0 Å². The lowest BCUT2D eigenvalue weighted by molar-refractivity contribution is -0.121. The fourth-order valence-electron chi connectivity index (χ4n) is 3.68. The molecule has 1 aliphatic rings. The number of ether oxygens (including phenoxy) is 1. The van der Waals surface area contributed by atoms with Crippen molar-refractivity contribution in [2.45, 2.75) is 32.7 Å². The molecule has 1 heterocycles. The predicted molar refractivity (Wildman–Crippen MR) is 109 cm³/mol. The number of nitrogens with zero attached hydrogens (tertiary/aromatic N) is 1. The third-order valence-corrected chi connectivity index (χ3v) is 5.39. The van der Waals surface area contributed by atoms with E-state index in [9.17, 15) is 4.79 Å². The Kier molecular flexibility index (Phi) is 6.88. The summed E-state index contributed by atoms with van der Waals surface area (Å²) in [5.41, 5.74) is 3.89. The van der Waals surface area contributed by atoms with E-state index in [0.717, 1.165) is 50.3 Å². The predicted octanol–water partition coefficient (Wildman–Crippen LogP) is 3.57. The van der Waals surface area contributed by atoms with Gasteiger partial charge in [-0.2, -0.15) is 0 Å². The number of rotatable bonds is 8. The molecule has 27 heavy (non-hydrogen) atoms. The van der Waals surface area contributed by atoms with Gasteiger partial charge in [-0.25, -0.2) is 0 Å². The summed E-state index contributed by atoms with van der Waals surface area (Å²) in [5, 5.41) is 3.12. The van der Waals surface area contributed by atoms with E-state index in [2.05, 4.69) is 41.4 Å². The van der Waals surface area contributed by atoms with E-state index < -0.39 is 0 Å². The quantitative estimate of drug-likeness (QED) is 0.776. The molecule has 144 valence electrons. The van der Waals surface area contributed by atoms with E-state index in [0.29, 0.717) is 12.3 Å². The van der Waals surface area contributed by atoms with Crippen LogP contribution in [0.3, 0.4) is 0 Å². The highest BCUT2D eigenvalue weighted by molar-refractivity contribution is 5.76. The van der Waals surface area contributed by atoms with E-state index >= 15 is 0 Å². The molecule has 1 atom stereocenters. The van der Waals surface area contributed by atoms with Crippen molar-refractivity contribution in [3.63, 3.8) is 0 Å². The molecular weight excluding hydrogens is 336 g/mol. The topological polar surface area (TPSA) is 41.6 Å². The number of carbonyl (C=O) groups excluding carboxylic acids is 1. The Morgan fingerprint density at radius 1 is 1.22 bits per heavy atom. The average molecular weight is 367 g/mol. The number of hydrogen-bond donors (Lipinski definition) is 1. The molecular formula is C23H30N2O2. The maximum Gasteiger partial charge on any atom is 0.220 e. The molecule has 0 bridgehead atoms. The first-order chi connectivity index (χ1) is 13.1. The lowest BCUT2D eigenvalue weighted by atomic mass is 10.1. The highest BCUT2D eigenvalue weighted by Crippen LogP contribution is 2.20. The van der Waals surface area contributed by atoms with E-state index in [1.54, 1.807) is 7.11 Å². The molecule has 1 N–H and O–H groups in total. The molecule has 1 amide bonds. The summed E-state index contributed by atoms with van der Waals surface area (Å²) in [7, 11) is 1.66. The van der Waals surface area contributed by atoms with Crippen molar-refractivity contribution >= 4 is 5.91 Å². The smallest absolute Gasteiger partial charge is 0.220 e. The van der Waals surface area contributed by atoms with Crippen LogP contribution in [-0.4, -0.2) is 37.6 Å². The zero-order chi connectivity index (χ0) is 19.1. The minimum Gasteiger partial charge on any atom is -0.497 e. The third kappa shape index (κ3) is 5.83. The molecule has 2 aromatic rings. The van der Waals surface area contributed by atoms with Crippen LogP contribution in [0, 0.1) is 12.8 Å². The van der Waals surface area contributed by atoms with Crippen LogP contribution in [0.25, 0.3) is 0 Å². The van der Waals surface area contributed by atoms with Crippen LogP contribution >= 0.6 is 0 Å². The zero-order valence-corrected chi connectivity index (χ0v) is 16.4. The molecule has 4 nitrogen and oxygen atoms in total. The zero-order valence-electron chi connectivity index (χ0n) is 16.4. The lowest BCUT2D eigenvalue weighted by Crippen LogP contribution is -2.31. The minimum absolute atomic E-state index is 0.134. The third-order valence-electron chi connectivity index (χ3n) is 5.39.